The van der Waals surface area contributed by atoms with Gasteiger partial charge in [-0.15, -0.1) is 11.3 Å². The maximum absolute atomic E-state index is 12.9. The summed E-state index contributed by atoms with van der Waals surface area (Å²) in [6.45, 7) is 5.52. The molecule has 6 heteroatoms. The molecule has 1 amide bonds. The fourth-order valence-corrected chi connectivity index (χ4v) is 4.11. The third-order valence-corrected chi connectivity index (χ3v) is 5.66. The number of aromatic nitrogens is 1. The van der Waals surface area contributed by atoms with Gasteiger partial charge in [0.1, 0.15) is 22.8 Å². The zero-order chi connectivity index (χ0) is 17.9. The van der Waals surface area contributed by atoms with Gasteiger partial charge in [0.25, 0.3) is 5.91 Å². The molecule has 0 aliphatic carbocycles. The van der Waals surface area contributed by atoms with Crippen molar-refractivity contribution < 1.29 is 14.3 Å². The smallest absolute Gasteiger partial charge is 0.265 e. The van der Waals surface area contributed by atoms with E-state index in [9.17, 15) is 4.79 Å². The van der Waals surface area contributed by atoms with Crippen molar-refractivity contribution in [3.8, 4) is 5.75 Å². The molecule has 134 valence electrons. The van der Waals surface area contributed by atoms with Crippen molar-refractivity contribution in [2.45, 2.75) is 32.3 Å². The molecule has 0 saturated carbocycles. The van der Waals surface area contributed by atoms with Crippen LogP contribution in [-0.4, -0.2) is 48.2 Å². The number of hydrogen-bond donors (Lipinski definition) is 0. The molecule has 1 saturated heterocycles. The SMILES string of the molecule is COC1(COc2ccccc2)CCCN(C(=O)c2sc(C)nc2C)C1. The van der Waals surface area contributed by atoms with E-state index in [2.05, 4.69) is 4.98 Å². The molecule has 2 heterocycles. The number of aryl methyl sites for hydroxylation is 2. The number of hydrogen-bond acceptors (Lipinski definition) is 5. The largest absolute Gasteiger partial charge is 0.491 e. The molecule has 3 rings (SSSR count). The zero-order valence-electron chi connectivity index (χ0n) is 14.9. The number of rotatable bonds is 5. The molecule has 0 N–H and O–H groups in total. The van der Waals surface area contributed by atoms with Gasteiger partial charge in [-0.25, -0.2) is 4.98 Å². The van der Waals surface area contributed by atoms with E-state index in [4.69, 9.17) is 9.47 Å². The molecule has 1 aromatic carbocycles. The summed E-state index contributed by atoms with van der Waals surface area (Å²) in [4.78, 5) is 19.9. The van der Waals surface area contributed by atoms with Crippen LogP contribution in [-0.2, 0) is 4.74 Å². The quantitative estimate of drug-likeness (QED) is 0.819. The topological polar surface area (TPSA) is 51.7 Å². The van der Waals surface area contributed by atoms with E-state index in [-0.39, 0.29) is 5.91 Å². The summed E-state index contributed by atoms with van der Waals surface area (Å²) >= 11 is 1.46. The maximum Gasteiger partial charge on any atom is 0.265 e. The molecule has 5 nitrogen and oxygen atoms in total. The van der Waals surface area contributed by atoms with Crippen molar-refractivity contribution in [2.75, 3.05) is 26.8 Å². The second-order valence-electron chi connectivity index (χ2n) is 6.47. The standard InChI is InChI=1S/C19H24N2O3S/c1-14-17(25-15(2)20-14)18(22)21-11-7-10-19(12-21,23-3)13-24-16-8-5-4-6-9-16/h4-6,8-9H,7,10-13H2,1-3H3. The van der Waals surface area contributed by atoms with Crippen LogP contribution < -0.4 is 4.74 Å². The van der Waals surface area contributed by atoms with E-state index in [1.807, 2.05) is 49.1 Å². The molecule has 25 heavy (non-hydrogen) atoms. The number of likely N-dealkylation sites (tertiary alicyclic amines) is 1. The normalized spacial score (nSPS) is 20.5. The predicted octanol–water partition coefficient (Wildman–Crippen LogP) is 3.46. The van der Waals surface area contributed by atoms with Crippen LogP contribution in [0.2, 0.25) is 0 Å². The summed E-state index contributed by atoms with van der Waals surface area (Å²) in [7, 11) is 1.70. The minimum Gasteiger partial charge on any atom is -0.491 e. The molecule has 2 aromatic rings. The fourth-order valence-electron chi connectivity index (χ4n) is 3.22. The lowest BCUT2D eigenvalue weighted by Crippen LogP contribution is -2.54. The highest BCUT2D eigenvalue weighted by Crippen LogP contribution is 2.28. The average Bonchev–Trinajstić information content (AvgIpc) is 2.98. The molecule has 1 fully saturated rings. The minimum absolute atomic E-state index is 0.0453. The van der Waals surface area contributed by atoms with Crippen molar-refractivity contribution in [3.05, 3.63) is 45.9 Å². The van der Waals surface area contributed by atoms with Gasteiger partial charge in [-0.1, -0.05) is 18.2 Å². The van der Waals surface area contributed by atoms with Crippen molar-refractivity contribution in [3.63, 3.8) is 0 Å². The molecule has 0 bridgehead atoms. The molecule has 1 aromatic heterocycles. The lowest BCUT2D eigenvalue weighted by molar-refractivity contribution is -0.0824. The fraction of sp³-hybridized carbons (Fsp3) is 0.474. The van der Waals surface area contributed by atoms with Gasteiger partial charge in [0.05, 0.1) is 17.2 Å². The van der Waals surface area contributed by atoms with Gasteiger partial charge in [-0.2, -0.15) is 0 Å². The van der Waals surface area contributed by atoms with Gasteiger partial charge in [0.2, 0.25) is 0 Å². The summed E-state index contributed by atoms with van der Waals surface area (Å²) in [5.41, 5.74) is 0.332. The first-order chi connectivity index (χ1) is 12.0. The number of benzene rings is 1. The van der Waals surface area contributed by atoms with E-state index < -0.39 is 5.60 Å². The van der Waals surface area contributed by atoms with Gasteiger partial charge < -0.3 is 14.4 Å². The van der Waals surface area contributed by atoms with Crippen LogP contribution in [0.4, 0.5) is 0 Å². The third kappa shape index (κ3) is 4.02. The van der Waals surface area contributed by atoms with Gasteiger partial charge in [0.15, 0.2) is 0 Å². The zero-order valence-corrected chi connectivity index (χ0v) is 15.8. The van der Waals surface area contributed by atoms with Crippen LogP contribution in [0, 0.1) is 13.8 Å². The summed E-state index contributed by atoms with van der Waals surface area (Å²) in [6.07, 6.45) is 1.77. The summed E-state index contributed by atoms with van der Waals surface area (Å²) in [6, 6.07) is 9.71. The lowest BCUT2D eigenvalue weighted by Gasteiger charge is -2.41. The summed E-state index contributed by atoms with van der Waals surface area (Å²) in [5.74, 6) is 0.861. The van der Waals surface area contributed by atoms with Crippen LogP contribution in [0.15, 0.2) is 30.3 Å². The Hall–Kier alpha value is -1.92. The highest BCUT2D eigenvalue weighted by atomic mass is 32.1. The Bertz CT molecular complexity index is 732. The highest BCUT2D eigenvalue weighted by Gasteiger charge is 2.39. The number of thiazole rings is 1. The Morgan fingerprint density at radius 2 is 2.08 bits per heavy atom. The minimum atomic E-state index is -0.475. The predicted molar refractivity (Wildman–Crippen MR) is 98.4 cm³/mol. The molecule has 0 spiro atoms. The first kappa shape index (κ1) is 17.9. The number of carbonyl (C=O) groups is 1. The maximum atomic E-state index is 12.9. The number of piperidine rings is 1. The number of amides is 1. The van der Waals surface area contributed by atoms with Crippen LogP contribution in [0.5, 0.6) is 5.75 Å². The average molecular weight is 360 g/mol. The monoisotopic (exact) mass is 360 g/mol. The first-order valence-corrected chi connectivity index (χ1v) is 9.31. The third-order valence-electron chi connectivity index (χ3n) is 4.60. The molecule has 0 radical (unpaired) electrons. The number of nitrogens with zero attached hydrogens (tertiary/aromatic N) is 2. The van der Waals surface area contributed by atoms with Crippen molar-refractivity contribution in [1.82, 2.24) is 9.88 Å². The molecular formula is C19H24N2O3S. The Morgan fingerprint density at radius 3 is 2.72 bits per heavy atom. The Kier molecular flexibility index (Phi) is 5.39. The second-order valence-corrected chi connectivity index (χ2v) is 7.67. The van der Waals surface area contributed by atoms with Crippen LogP contribution in [0.25, 0.3) is 0 Å². The van der Waals surface area contributed by atoms with Crippen LogP contribution in [0.3, 0.4) is 0 Å². The molecule has 1 aliphatic heterocycles. The Balaban J connectivity index is 1.71. The number of ether oxygens (including phenoxy) is 2. The van der Waals surface area contributed by atoms with Crippen molar-refractivity contribution in [1.29, 1.82) is 0 Å². The lowest BCUT2D eigenvalue weighted by atomic mass is 9.93. The number of carbonyl (C=O) groups excluding carboxylic acids is 1. The number of para-hydroxylation sites is 1. The van der Waals surface area contributed by atoms with E-state index in [0.717, 1.165) is 40.7 Å². The van der Waals surface area contributed by atoms with Gasteiger partial charge in [0, 0.05) is 13.7 Å². The first-order valence-electron chi connectivity index (χ1n) is 8.49. The van der Waals surface area contributed by atoms with Crippen LogP contribution >= 0.6 is 11.3 Å². The van der Waals surface area contributed by atoms with E-state index in [1.165, 1.54) is 11.3 Å². The van der Waals surface area contributed by atoms with Gasteiger partial charge in [-0.05, 0) is 38.8 Å². The van der Waals surface area contributed by atoms with Crippen molar-refractivity contribution in [2.24, 2.45) is 0 Å². The molecule has 1 aliphatic rings. The second kappa shape index (κ2) is 7.54. The summed E-state index contributed by atoms with van der Waals surface area (Å²) in [5, 5.41) is 0.920. The van der Waals surface area contributed by atoms with Crippen molar-refractivity contribution >= 4 is 17.2 Å². The van der Waals surface area contributed by atoms with E-state index >= 15 is 0 Å². The van der Waals surface area contributed by atoms with E-state index in [0.29, 0.717) is 13.2 Å². The number of methoxy groups -OCH3 is 1. The van der Waals surface area contributed by atoms with Gasteiger partial charge >= 0.3 is 0 Å². The molecule has 1 unspecified atom stereocenters. The summed E-state index contributed by atoms with van der Waals surface area (Å²) < 4.78 is 11.7. The molecular weight excluding hydrogens is 336 g/mol. The Labute approximate surface area is 152 Å². The van der Waals surface area contributed by atoms with Gasteiger partial charge in [-0.3, -0.25) is 4.79 Å². The van der Waals surface area contributed by atoms with Crippen LogP contribution in [0.1, 0.15) is 33.2 Å². The Morgan fingerprint density at radius 1 is 1.32 bits per heavy atom. The van der Waals surface area contributed by atoms with E-state index in [1.54, 1.807) is 7.11 Å². The highest BCUT2D eigenvalue weighted by molar-refractivity contribution is 7.13. The molecule has 1 atom stereocenters.